The van der Waals surface area contributed by atoms with Crippen molar-refractivity contribution in [1.82, 2.24) is 14.4 Å². The largest absolute Gasteiger partial charge is 0.459 e. The maximum absolute atomic E-state index is 12.0. The van der Waals surface area contributed by atoms with Crippen molar-refractivity contribution in [3.05, 3.63) is 52.4 Å². The molecule has 1 unspecified atom stereocenters. The number of fused-ring (bicyclic) bond motifs is 1. The Balaban J connectivity index is 1.54. The van der Waals surface area contributed by atoms with Crippen LogP contribution in [0.4, 0.5) is 0 Å². The van der Waals surface area contributed by atoms with Gasteiger partial charge in [-0.05, 0) is 26.0 Å². The van der Waals surface area contributed by atoms with Crippen LogP contribution in [0.25, 0.3) is 5.65 Å². The normalized spacial score (nSPS) is 12.4. The highest BCUT2D eigenvalue weighted by Crippen LogP contribution is 2.21. The lowest BCUT2D eigenvalue weighted by Crippen LogP contribution is -2.09. The van der Waals surface area contributed by atoms with Crippen molar-refractivity contribution < 1.29 is 14.3 Å². The summed E-state index contributed by atoms with van der Waals surface area (Å²) in [5.41, 5.74) is 2.26. The number of aromatic nitrogens is 3. The van der Waals surface area contributed by atoms with Gasteiger partial charge in [0.05, 0.1) is 17.8 Å². The smallest absolute Gasteiger partial charge is 0.312 e. The average molecular weight is 345 g/mol. The van der Waals surface area contributed by atoms with Crippen molar-refractivity contribution in [3.8, 4) is 0 Å². The van der Waals surface area contributed by atoms with Crippen LogP contribution in [-0.4, -0.2) is 26.9 Å². The second-order valence-corrected chi connectivity index (χ2v) is 6.20. The highest BCUT2D eigenvalue weighted by molar-refractivity contribution is 7.09. The first-order chi connectivity index (χ1) is 11.7. The predicted octanol–water partition coefficient (Wildman–Crippen LogP) is 3.17. The fourth-order valence-electron chi connectivity index (χ4n) is 2.32. The van der Waals surface area contributed by atoms with Crippen LogP contribution in [0.1, 0.15) is 36.3 Å². The maximum Gasteiger partial charge on any atom is 0.312 e. The van der Waals surface area contributed by atoms with Gasteiger partial charge in [0.2, 0.25) is 0 Å². The van der Waals surface area contributed by atoms with E-state index in [9.17, 15) is 4.79 Å². The minimum atomic E-state index is -0.312. The molecule has 0 N–H and O–H groups in total. The summed E-state index contributed by atoms with van der Waals surface area (Å²) >= 11 is 1.50. The third-order valence-corrected chi connectivity index (χ3v) is 4.51. The van der Waals surface area contributed by atoms with Crippen LogP contribution >= 0.6 is 11.3 Å². The molecule has 0 spiro atoms. The summed E-state index contributed by atoms with van der Waals surface area (Å²) in [7, 11) is 0. The number of pyridine rings is 1. The lowest BCUT2D eigenvalue weighted by Gasteiger charge is -2.06. The first kappa shape index (κ1) is 16.6. The van der Waals surface area contributed by atoms with E-state index in [1.54, 1.807) is 0 Å². The molecule has 126 valence electrons. The molecule has 3 aromatic rings. The van der Waals surface area contributed by atoms with E-state index < -0.39 is 0 Å². The Morgan fingerprint density at radius 1 is 1.33 bits per heavy atom. The molecule has 24 heavy (non-hydrogen) atoms. The summed E-state index contributed by atoms with van der Waals surface area (Å²) in [6.45, 7) is 4.69. The second kappa shape index (κ2) is 7.55. The van der Waals surface area contributed by atoms with Crippen LogP contribution in [-0.2, 0) is 27.3 Å². The molecule has 0 radical (unpaired) electrons. The van der Waals surface area contributed by atoms with Gasteiger partial charge in [0, 0.05) is 24.4 Å². The number of imidazole rings is 1. The summed E-state index contributed by atoms with van der Waals surface area (Å²) in [4.78, 5) is 20.8. The molecule has 6 nitrogen and oxygen atoms in total. The lowest BCUT2D eigenvalue weighted by molar-refractivity contribution is -0.144. The van der Waals surface area contributed by atoms with Gasteiger partial charge in [0.1, 0.15) is 23.4 Å². The predicted molar refractivity (Wildman–Crippen MR) is 90.8 cm³/mol. The maximum atomic E-state index is 12.0. The van der Waals surface area contributed by atoms with Gasteiger partial charge in [0.15, 0.2) is 0 Å². The van der Waals surface area contributed by atoms with Gasteiger partial charge in [0.25, 0.3) is 0 Å². The van der Waals surface area contributed by atoms with E-state index >= 15 is 0 Å². The summed E-state index contributed by atoms with van der Waals surface area (Å²) in [5, 5.41) is 2.75. The molecular formula is C17H19N3O3S. The lowest BCUT2D eigenvalue weighted by atomic mass is 10.3. The minimum absolute atomic E-state index is 0.0530. The van der Waals surface area contributed by atoms with Crippen molar-refractivity contribution in [3.63, 3.8) is 0 Å². The molecule has 1 atom stereocenters. The molecule has 0 fully saturated rings. The van der Waals surface area contributed by atoms with Crippen LogP contribution in [0.5, 0.6) is 0 Å². The number of thiazole rings is 1. The van der Waals surface area contributed by atoms with E-state index in [2.05, 4.69) is 9.97 Å². The Bertz CT molecular complexity index is 794. The summed E-state index contributed by atoms with van der Waals surface area (Å²) in [6, 6.07) is 5.75. The summed E-state index contributed by atoms with van der Waals surface area (Å²) in [6.07, 6.45) is 3.86. The fraction of sp³-hybridized carbons (Fsp3) is 0.353. The first-order valence-electron chi connectivity index (χ1n) is 7.80. The van der Waals surface area contributed by atoms with Crippen LogP contribution < -0.4 is 0 Å². The van der Waals surface area contributed by atoms with Crippen LogP contribution in [0.3, 0.4) is 0 Å². The average Bonchev–Trinajstić information content (AvgIpc) is 3.19. The third kappa shape index (κ3) is 3.98. The Morgan fingerprint density at radius 2 is 2.21 bits per heavy atom. The zero-order valence-corrected chi connectivity index (χ0v) is 14.5. The Labute approximate surface area is 144 Å². The molecule has 0 amide bonds. The number of carbonyl (C=O) groups excluding carboxylic acids is 1. The highest BCUT2D eigenvalue weighted by atomic mass is 32.1. The number of rotatable bonds is 7. The molecule has 3 aromatic heterocycles. The van der Waals surface area contributed by atoms with E-state index in [0.717, 1.165) is 16.3 Å². The monoisotopic (exact) mass is 345 g/mol. The van der Waals surface area contributed by atoms with E-state index in [1.807, 2.05) is 54.2 Å². The van der Waals surface area contributed by atoms with Crippen molar-refractivity contribution >= 4 is 23.0 Å². The van der Waals surface area contributed by atoms with Gasteiger partial charge in [-0.25, -0.2) is 9.97 Å². The van der Waals surface area contributed by atoms with Crippen LogP contribution in [0, 0.1) is 0 Å². The van der Waals surface area contributed by atoms with Gasteiger partial charge in [-0.15, -0.1) is 11.3 Å². The topological polar surface area (TPSA) is 65.7 Å². The zero-order valence-electron chi connectivity index (χ0n) is 13.6. The van der Waals surface area contributed by atoms with Crippen molar-refractivity contribution in [2.75, 3.05) is 6.61 Å². The van der Waals surface area contributed by atoms with E-state index in [-0.39, 0.29) is 25.1 Å². The minimum Gasteiger partial charge on any atom is -0.459 e. The molecule has 0 saturated carbocycles. The van der Waals surface area contributed by atoms with Crippen molar-refractivity contribution in [1.29, 1.82) is 0 Å². The van der Waals surface area contributed by atoms with Crippen LogP contribution in [0.15, 0.2) is 36.0 Å². The number of nitrogens with zero attached hydrogens (tertiary/aromatic N) is 3. The molecule has 0 saturated heterocycles. The summed E-state index contributed by atoms with van der Waals surface area (Å²) < 4.78 is 12.7. The molecule has 0 aromatic carbocycles. The number of ether oxygens (including phenoxy) is 2. The third-order valence-electron chi connectivity index (χ3n) is 3.45. The van der Waals surface area contributed by atoms with E-state index in [1.165, 1.54) is 11.3 Å². The Morgan fingerprint density at radius 3 is 3.00 bits per heavy atom. The van der Waals surface area contributed by atoms with E-state index in [0.29, 0.717) is 12.3 Å². The first-order valence-corrected chi connectivity index (χ1v) is 8.68. The van der Waals surface area contributed by atoms with Gasteiger partial charge in [-0.2, -0.15) is 0 Å². The highest BCUT2D eigenvalue weighted by Gasteiger charge is 2.13. The number of hydrogen-bond donors (Lipinski definition) is 0. The van der Waals surface area contributed by atoms with Gasteiger partial charge < -0.3 is 13.9 Å². The quantitative estimate of drug-likeness (QED) is 0.615. The fourth-order valence-corrected chi connectivity index (χ4v) is 3.14. The van der Waals surface area contributed by atoms with Gasteiger partial charge >= 0.3 is 5.97 Å². The Hall–Kier alpha value is -2.25. The van der Waals surface area contributed by atoms with Crippen molar-refractivity contribution in [2.45, 2.75) is 33.0 Å². The number of esters is 1. The SMILES string of the molecule is CCOC(C)c1nc(CC(=O)OCc2cn3ccccc3n2)cs1. The molecule has 7 heteroatoms. The second-order valence-electron chi connectivity index (χ2n) is 5.31. The molecule has 3 rings (SSSR count). The molecule has 0 bridgehead atoms. The zero-order chi connectivity index (χ0) is 16.9. The molecule has 3 heterocycles. The molecule has 0 aliphatic rings. The number of hydrogen-bond acceptors (Lipinski definition) is 6. The standard InChI is InChI=1S/C17H19N3O3S/c1-3-22-12(2)17-19-13(11-24-17)8-16(21)23-10-14-9-20-7-5-4-6-15(20)18-14/h4-7,9,11-12H,3,8,10H2,1-2H3. The number of carbonyl (C=O) groups is 1. The molecule has 0 aliphatic heterocycles. The molecule has 0 aliphatic carbocycles. The van der Waals surface area contributed by atoms with Gasteiger partial charge in [-0.3, -0.25) is 4.79 Å². The van der Waals surface area contributed by atoms with Crippen LogP contribution in [0.2, 0.25) is 0 Å². The van der Waals surface area contributed by atoms with Gasteiger partial charge in [-0.1, -0.05) is 6.07 Å². The van der Waals surface area contributed by atoms with E-state index in [4.69, 9.17) is 9.47 Å². The van der Waals surface area contributed by atoms with Crippen molar-refractivity contribution in [2.24, 2.45) is 0 Å². The summed E-state index contributed by atoms with van der Waals surface area (Å²) in [5.74, 6) is -0.312. The molecular weight excluding hydrogens is 326 g/mol. The Kier molecular flexibility index (Phi) is 5.22.